The molecule has 1 nitrogen and oxygen atoms in total. The van der Waals surface area contributed by atoms with E-state index in [9.17, 15) is 4.39 Å². The highest BCUT2D eigenvalue weighted by Gasteiger charge is 2.33. The summed E-state index contributed by atoms with van der Waals surface area (Å²) < 4.78 is 12.9. The Hall–Kier alpha value is -0.890. The van der Waals surface area contributed by atoms with Gasteiger partial charge in [0.1, 0.15) is 5.82 Å². The van der Waals surface area contributed by atoms with Gasteiger partial charge in [-0.2, -0.15) is 0 Å². The number of nitrogens with one attached hydrogen (secondary N) is 1. The number of rotatable bonds is 3. The number of halogens is 1. The molecule has 0 heterocycles. The molecule has 1 aromatic carbocycles. The molecule has 0 saturated heterocycles. The maximum atomic E-state index is 12.9. The van der Waals surface area contributed by atoms with Crippen molar-refractivity contribution in [3.05, 3.63) is 35.6 Å². The highest BCUT2D eigenvalue weighted by Crippen LogP contribution is 2.38. The minimum atomic E-state index is -0.158. The fourth-order valence-electron chi connectivity index (χ4n) is 3.26. The Morgan fingerprint density at radius 1 is 1.11 bits per heavy atom. The zero-order valence-electron chi connectivity index (χ0n) is 12.4. The van der Waals surface area contributed by atoms with Crippen LogP contribution >= 0.6 is 0 Å². The average Bonchev–Trinajstić information content (AvgIpc) is 2.37. The molecule has 1 saturated carbocycles. The van der Waals surface area contributed by atoms with E-state index in [-0.39, 0.29) is 5.82 Å². The van der Waals surface area contributed by atoms with Crippen molar-refractivity contribution in [2.45, 2.75) is 59.0 Å². The lowest BCUT2D eigenvalue weighted by Crippen LogP contribution is -2.43. The second-order valence-electron chi connectivity index (χ2n) is 6.87. The van der Waals surface area contributed by atoms with E-state index in [1.54, 1.807) is 12.1 Å². The highest BCUT2D eigenvalue weighted by atomic mass is 19.1. The summed E-state index contributed by atoms with van der Waals surface area (Å²) in [5.74, 6) is 0.579. The standard InChI is InChI=1S/C17H26FN/c1-17(2,3)15-6-4-5-7-16(15)19-12-13-8-10-14(18)11-9-13/h8-11,15-16,19H,4-7,12H2,1-3H3. The lowest BCUT2D eigenvalue weighted by Gasteiger charge is -2.41. The van der Waals surface area contributed by atoms with Gasteiger partial charge < -0.3 is 5.32 Å². The summed E-state index contributed by atoms with van der Waals surface area (Å²) in [5.41, 5.74) is 1.53. The van der Waals surface area contributed by atoms with E-state index < -0.39 is 0 Å². The van der Waals surface area contributed by atoms with Crippen molar-refractivity contribution in [3.8, 4) is 0 Å². The minimum Gasteiger partial charge on any atom is -0.310 e. The van der Waals surface area contributed by atoms with E-state index in [0.29, 0.717) is 11.5 Å². The molecular weight excluding hydrogens is 237 g/mol. The van der Waals surface area contributed by atoms with Gasteiger partial charge in [-0.3, -0.25) is 0 Å². The predicted octanol–water partition coefficient (Wildman–Crippen LogP) is 4.52. The van der Waals surface area contributed by atoms with E-state index >= 15 is 0 Å². The van der Waals surface area contributed by atoms with Crippen molar-refractivity contribution in [2.75, 3.05) is 0 Å². The summed E-state index contributed by atoms with van der Waals surface area (Å²) in [6.07, 6.45) is 5.28. The zero-order valence-corrected chi connectivity index (χ0v) is 12.4. The molecule has 19 heavy (non-hydrogen) atoms. The first-order valence-electron chi connectivity index (χ1n) is 7.44. The van der Waals surface area contributed by atoms with Crippen LogP contribution in [0.5, 0.6) is 0 Å². The lowest BCUT2D eigenvalue weighted by atomic mass is 9.69. The molecule has 106 valence electrons. The van der Waals surface area contributed by atoms with E-state index in [2.05, 4.69) is 26.1 Å². The Morgan fingerprint density at radius 3 is 2.37 bits per heavy atom. The van der Waals surface area contributed by atoms with Crippen LogP contribution in [0.1, 0.15) is 52.0 Å². The molecule has 2 unspecified atom stereocenters. The summed E-state index contributed by atoms with van der Waals surface area (Å²) in [6, 6.07) is 7.42. The van der Waals surface area contributed by atoms with Gasteiger partial charge in [0.25, 0.3) is 0 Å². The second-order valence-corrected chi connectivity index (χ2v) is 6.87. The second kappa shape index (κ2) is 6.04. The van der Waals surface area contributed by atoms with Crippen molar-refractivity contribution >= 4 is 0 Å². The van der Waals surface area contributed by atoms with Gasteiger partial charge in [-0.15, -0.1) is 0 Å². The van der Waals surface area contributed by atoms with Crippen LogP contribution in [-0.4, -0.2) is 6.04 Å². The van der Waals surface area contributed by atoms with Gasteiger partial charge in [-0.05, 0) is 41.9 Å². The molecule has 0 aliphatic heterocycles. The molecule has 0 spiro atoms. The summed E-state index contributed by atoms with van der Waals surface area (Å²) in [7, 11) is 0. The Balaban J connectivity index is 1.94. The molecule has 1 fully saturated rings. The number of hydrogen-bond donors (Lipinski definition) is 1. The van der Waals surface area contributed by atoms with E-state index in [0.717, 1.165) is 12.5 Å². The van der Waals surface area contributed by atoms with Gasteiger partial charge in [0, 0.05) is 12.6 Å². The molecule has 1 aliphatic carbocycles. The van der Waals surface area contributed by atoms with Gasteiger partial charge in [-0.1, -0.05) is 45.7 Å². The third-order valence-corrected chi connectivity index (χ3v) is 4.36. The van der Waals surface area contributed by atoms with Gasteiger partial charge in [0.2, 0.25) is 0 Å². The number of hydrogen-bond acceptors (Lipinski definition) is 1. The molecule has 1 aromatic rings. The molecular formula is C17H26FN. The Morgan fingerprint density at radius 2 is 1.74 bits per heavy atom. The average molecular weight is 263 g/mol. The molecule has 1 N–H and O–H groups in total. The van der Waals surface area contributed by atoms with Crippen LogP contribution in [0.2, 0.25) is 0 Å². The fraction of sp³-hybridized carbons (Fsp3) is 0.647. The summed E-state index contributed by atoms with van der Waals surface area (Å²) in [6.45, 7) is 7.87. The Kier molecular flexibility index (Phi) is 4.62. The van der Waals surface area contributed by atoms with Crippen molar-refractivity contribution in [3.63, 3.8) is 0 Å². The van der Waals surface area contributed by atoms with Crippen LogP contribution in [0, 0.1) is 17.2 Å². The molecule has 1 aliphatic rings. The quantitative estimate of drug-likeness (QED) is 0.845. The molecule has 2 rings (SSSR count). The normalized spacial score (nSPS) is 24.4. The van der Waals surface area contributed by atoms with Gasteiger partial charge in [0.05, 0.1) is 0 Å². The molecule has 2 heteroatoms. The zero-order chi connectivity index (χ0) is 13.9. The topological polar surface area (TPSA) is 12.0 Å². The van der Waals surface area contributed by atoms with Crippen molar-refractivity contribution in [1.82, 2.24) is 5.32 Å². The molecule has 0 bridgehead atoms. The van der Waals surface area contributed by atoms with E-state index in [1.165, 1.54) is 31.2 Å². The largest absolute Gasteiger partial charge is 0.310 e. The molecule has 0 amide bonds. The van der Waals surface area contributed by atoms with Crippen LogP contribution < -0.4 is 5.32 Å². The van der Waals surface area contributed by atoms with Crippen LogP contribution in [-0.2, 0) is 6.54 Å². The first kappa shape index (κ1) is 14.5. The third kappa shape index (κ3) is 4.04. The van der Waals surface area contributed by atoms with E-state index in [1.807, 2.05) is 12.1 Å². The van der Waals surface area contributed by atoms with Crippen LogP contribution in [0.3, 0.4) is 0 Å². The maximum absolute atomic E-state index is 12.9. The first-order chi connectivity index (χ1) is 8.97. The predicted molar refractivity (Wildman–Crippen MR) is 78.4 cm³/mol. The van der Waals surface area contributed by atoms with Gasteiger partial charge in [-0.25, -0.2) is 4.39 Å². The summed E-state index contributed by atoms with van der Waals surface area (Å²) in [5, 5.41) is 3.69. The lowest BCUT2D eigenvalue weighted by molar-refractivity contribution is 0.130. The van der Waals surface area contributed by atoms with Crippen LogP contribution in [0.25, 0.3) is 0 Å². The van der Waals surface area contributed by atoms with Crippen molar-refractivity contribution in [1.29, 1.82) is 0 Å². The number of benzene rings is 1. The first-order valence-corrected chi connectivity index (χ1v) is 7.44. The van der Waals surface area contributed by atoms with Crippen LogP contribution in [0.4, 0.5) is 4.39 Å². The monoisotopic (exact) mass is 263 g/mol. The van der Waals surface area contributed by atoms with Crippen molar-refractivity contribution in [2.24, 2.45) is 11.3 Å². The smallest absolute Gasteiger partial charge is 0.123 e. The summed E-state index contributed by atoms with van der Waals surface area (Å²) >= 11 is 0. The molecule has 0 aromatic heterocycles. The van der Waals surface area contributed by atoms with Gasteiger partial charge >= 0.3 is 0 Å². The SMILES string of the molecule is CC(C)(C)C1CCCCC1NCc1ccc(F)cc1. The fourth-order valence-corrected chi connectivity index (χ4v) is 3.26. The molecule has 0 radical (unpaired) electrons. The maximum Gasteiger partial charge on any atom is 0.123 e. The minimum absolute atomic E-state index is 0.158. The Bertz CT molecular complexity index is 391. The van der Waals surface area contributed by atoms with E-state index in [4.69, 9.17) is 0 Å². The third-order valence-electron chi connectivity index (χ3n) is 4.36. The Labute approximate surface area is 116 Å². The molecule has 2 atom stereocenters. The highest BCUT2D eigenvalue weighted by molar-refractivity contribution is 5.15. The summed E-state index contributed by atoms with van der Waals surface area (Å²) in [4.78, 5) is 0. The van der Waals surface area contributed by atoms with Crippen molar-refractivity contribution < 1.29 is 4.39 Å². The van der Waals surface area contributed by atoms with Gasteiger partial charge in [0.15, 0.2) is 0 Å². The van der Waals surface area contributed by atoms with Crippen LogP contribution in [0.15, 0.2) is 24.3 Å².